The molecule has 0 saturated carbocycles. The van der Waals surface area contributed by atoms with Gasteiger partial charge in [-0.3, -0.25) is 0 Å². The van der Waals surface area contributed by atoms with Gasteiger partial charge in [0.1, 0.15) is 0 Å². The van der Waals surface area contributed by atoms with Crippen LogP contribution in [0.25, 0.3) is 0 Å². The first-order chi connectivity index (χ1) is 2.41. The van der Waals surface area contributed by atoms with Crippen molar-refractivity contribution in [2.24, 2.45) is 0 Å². The molecule has 0 aliphatic heterocycles. The van der Waals surface area contributed by atoms with E-state index in [1.165, 1.54) is 0 Å². The Morgan fingerprint density at radius 3 is 1.33 bits per heavy atom. The summed E-state index contributed by atoms with van der Waals surface area (Å²) in [4.78, 5) is 0. The summed E-state index contributed by atoms with van der Waals surface area (Å²) in [6.07, 6.45) is 0. The van der Waals surface area contributed by atoms with Gasteiger partial charge in [-0.2, -0.15) is 0 Å². The molecule has 0 fully saturated rings. The average Bonchev–Trinajstić information content (AvgIpc) is 1.46. The molecule has 0 amide bonds. The van der Waals surface area contributed by atoms with E-state index in [0.29, 0.717) is 0 Å². The molecule has 0 radical (unpaired) electrons. The van der Waals surface area contributed by atoms with Crippen LogP contribution in [0, 0.1) is 11.8 Å². The van der Waals surface area contributed by atoms with Crippen LogP contribution in [0.4, 0.5) is 0 Å². The van der Waals surface area contributed by atoms with Gasteiger partial charge in [-0.1, -0.05) is 0 Å². The molecule has 0 N–H and O–H groups in total. The molecule has 0 aromatic carbocycles. The summed E-state index contributed by atoms with van der Waals surface area (Å²) in [6.45, 7) is 4.75. The van der Waals surface area contributed by atoms with Crippen LogP contribution in [-0.4, -0.2) is 0 Å². The molecular formula is CAuNO2Ti. The Bertz CT molecular complexity index is 55.8. The molecule has 0 unspecified atom stereocenters. The zero-order valence-electron chi connectivity index (χ0n) is 2.57. The van der Waals surface area contributed by atoms with Crippen LogP contribution in [0.2, 0.25) is 0 Å². The predicted molar refractivity (Wildman–Crippen MR) is 6.34 cm³/mol. The fraction of sp³-hybridized carbons (Fsp3) is 0. The van der Waals surface area contributed by atoms with Crippen molar-refractivity contribution in [3.63, 3.8) is 0 Å². The minimum absolute atomic E-state index is 0. The summed E-state index contributed by atoms with van der Waals surface area (Å²) in [6, 6.07) is 0. The normalized spacial score (nSPS) is 1.67. The number of hydrogen-bond acceptors (Lipinski definition) is 3. The molecule has 0 rings (SSSR count). The monoisotopic (exact) mass is 303 g/mol. The van der Waals surface area contributed by atoms with E-state index in [1.54, 1.807) is 0 Å². The second-order valence-corrected chi connectivity index (χ2v) is 0.344. The Morgan fingerprint density at radius 2 is 1.33 bits per heavy atom. The summed E-state index contributed by atoms with van der Waals surface area (Å²) in [5.74, 6) is 0. The molecule has 5 heteroatoms. The van der Waals surface area contributed by atoms with Crippen LogP contribution in [-0.2, 0) is 48.1 Å². The third-order valence-electron chi connectivity index (χ3n) is 0. The second-order valence-electron chi connectivity index (χ2n) is 0.0833. The zero-order valence-corrected chi connectivity index (χ0v) is 6.29. The predicted octanol–water partition coefficient (Wildman–Crippen LogP) is -0.146. The summed E-state index contributed by atoms with van der Waals surface area (Å²) < 4.78 is 17.0. The van der Waals surface area contributed by atoms with E-state index in [1.807, 2.05) is 0 Å². The minimum atomic E-state index is -2.00. The van der Waals surface area contributed by atoms with Crippen LogP contribution < -0.4 is 0 Å². The Balaban J connectivity index is -0.0000000275. The molecule has 36 valence electrons. The molecule has 0 aliphatic rings. The van der Waals surface area contributed by atoms with Gasteiger partial charge in [0.2, 0.25) is 0 Å². The maximum atomic E-state index is 8.50. The van der Waals surface area contributed by atoms with Crippen molar-refractivity contribution in [1.29, 1.82) is 5.26 Å². The van der Waals surface area contributed by atoms with Gasteiger partial charge >= 0.3 is 48.1 Å². The zero-order chi connectivity index (χ0) is 4.71. The van der Waals surface area contributed by atoms with E-state index in [9.17, 15) is 0 Å². The molecular weight excluding hydrogens is 303 g/mol. The summed E-state index contributed by atoms with van der Waals surface area (Å²) >= 11 is -2.00. The van der Waals surface area contributed by atoms with E-state index >= 15 is 0 Å². The van der Waals surface area contributed by atoms with Crippen molar-refractivity contribution in [2.75, 3.05) is 0 Å². The van der Waals surface area contributed by atoms with E-state index in [2.05, 4.69) is 0 Å². The molecule has 0 heterocycles. The van der Waals surface area contributed by atoms with Gasteiger partial charge < -0.3 is 11.8 Å². The fourth-order valence-corrected chi connectivity index (χ4v) is 0. The topological polar surface area (TPSA) is 57.9 Å². The molecule has 0 aliphatic carbocycles. The van der Waals surface area contributed by atoms with Gasteiger partial charge in [0.05, 0.1) is 0 Å². The van der Waals surface area contributed by atoms with Gasteiger partial charge in [-0.05, 0) is 0 Å². The van der Waals surface area contributed by atoms with Crippen molar-refractivity contribution >= 4 is 0 Å². The molecule has 0 saturated heterocycles. The molecule has 0 aromatic heterocycles. The van der Waals surface area contributed by atoms with Gasteiger partial charge in [0, 0.05) is 0 Å². The molecule has 0 aromatic rings. The van der Waals surface area contributed by atoms with Crippen molar-refractivity contribution in [3.05, 3.63) is 6.57 Å². The first kappa shape index (κ1) is 16.0. The van der Waals surface area contributed by atoms with Crippen molar-refractivity contribution in [2.45, 2.75) is 0 Å². The summed E-state index contributed by atoms with van der Waals surface area (Å²) in [5, 5.41) is 6.25. The number of hydrogen-bond donors (Lipinski definition) is 0. The Kier molecular flexibility index (Phi) is 128. The van der Waals surface area contributed by atoms with Crippen LogP contribution in [0.5, 0.6) is 0 Å². The number of rotatable bonds is 0. The standard InChI is InChI=1S/CN.Au.2O.Ti/c1-2;;;;/q-1;+1;;;. The molecule has 0 atom stereocenters. The Labute approximate surface area is 59.8 Å². The number of nitrogens with zero attached hydrogens (tertiary/aromatic N) is 1. The fourth-order valence-electron chi connectivity index (χ4n) is 0. The van der Waals surface area contributed by atoms with Crippen molar-refractivity contribution in [3.8, 4) is 0 Å². The SMILES string of the molecule is [Au+].[C-]#N.[O]=[Ti]=[O]. The molecule has 6 heavy (non-hydrogen) atoms. The molecule has 0 spiro atoms. The van der Waals surface area contributed by atoms with Gasteiger partial charge in [-0.15, -0.1) is 0 Å². The first-order valence-electron chi connectivity index (χ1n) is 0.632. The first-order valence-corrected chi connectivity index (χ1v) is 1.91. The van der Waals surface area contributed by atoms with Crippen LogP contribution >= 0.6 is 0 Å². The average molecular weight is 303 g/mol. The summed E-state index contributed by atoms with van der Waals surface area (Å²) in [5.41, 5.74) is 0. The van der Waals surface area contributed by atoms with Crippen LogP contribution in [0.1, 0.15) is 0 Å². The summed E-state index contributed by atoms with van der Waals surface area (Å²) in [7, 11) is 0. The molecule has 3 nitrogen and oxygen atoms in total. The van der Waals surface area contributed by atoms with Gasteiger partial charge in [0.15, 0.2) is 0 Å². The second kappa shape index (κ2) is 48.0. The Hall–Kier alpha value is 0.545. The van der Waals surface area contributed by atoms with Gasteiger partial charge in [-0.25, -0.2) is 0 Å². The van der Waals surface area contributed by atoms with E-state index in [4.69, 9.17) is 18.5 Å². The molecule has 0 bridgehead atoms. The third kappa shape index (κ3) is 193. The van der Waals surface area contributed by atoms with Crippen LogP contribution in [0.3, 0.4) is 0 Å². The third-order valence-corrected chi connectivity index (χ3v) is 0. The van der Waals surface area contributed by atoms with Crippen molar-refractivity contribution in [1.82, 2.24) is 0 Å². The van der Waals surface area contributed by atoms with Gasteiger partial charge in [0.25, 0.3) is 0 Å². The Morgan fingerprint density at radius 1 is 1.33 bits per heavy atom. The van der Waals surface area contributed by atoms with E-state index < -0.39 is 19.1 Å². The van der Waals surface area contributed by atoms with E-state index in [-0.39, 0.29) is 22.4 Å². The van der Waals surface area contributed by atoms with Crippen molar-refractivity contribution < 1.29 is 48.1 Å². The maximum absolute atomic E-state index is 8.50. The quantitative estimate of drug-likeness (QED) is 0.462. The van der Waals surface area contributed by atoms with Crippen LogP contribution in [0.15, 0.2) is 0 Å². The van der Waals surface area contributed by atoms with E-state index in [0.717, 1.165) is 0 Å².